The number of rotatable bonds is 6. The number of hydrogen-bond donors (Lipinski definition) is 1. The van der Waals surface area contributed by atoms with E-state index in [9.17, 15) is 9.59 Å². The Morgan fingerprint density at radius 1 is 1.25 bits per heavy atom. The fraction of sp³-hybridized carbons (Fsp3) is 0.278. The molecule has 0 unspecified atom stereocenters. The molecule has 0 spiro atoms. The number of hydrogen-bond acceptors (Lipinski definition) is 6. The first-order chi connectivity index (χ1) is 13.3. The zero-order valence-corrected chi connectivity index (χ0v) is 17.2. The molecule has 0 radical (unpaired) electrons. The van der Waals surface area contributed by atoms with Gasteiger partial charge in [-0.25, -0.2) is 9.50 Å². The van der Waals surface area contributed by atoms with Crippen molar-refractivity contribution in [2.75, 3.05) is 24.7 Å². The van der Waals surface area contributed by atoms with Crippen molar-refractivity contribution >= 4 is 46.6 Å². The molecule has 0 bridgehead atoms. The molecule has 0 atom stereocenters. The third-order valence-electron chi connectivity index (χ3n) is 3.88. The summed E-state index contributed by atoms with van der Waals surface area (Å²) in [5.41, 5.74) is 2.28. The maximum atomic E-state index is 12.3. The van der Waals surface area contributed by atoms with E-state index in [2.05, 4.69) is 20.4 Å². The van der Waals surface area contributed by atoms with Crippen LogP contribution in [-0.2, 0) is 9.59 Å². The molecule has 3 rings (SSSR count). The van der Waals surface area contributed by atoms with Crippen LogP contribution >= 0.6 is 23.4 Å². The van der Waals surface area contributed by atoms with Crippen LogP contribution in [0.15, 0.2) is 35.5 Å². The molecule has 0 saturated carbocycles. The largest absolute Gasteiger partial charge is 0.336 e. The van der Waals surface area contributed by atoms with Crippen LogP contribution in [0.2, 0.25) is 5.02 Å². The molecule has 2 amide bonds. The summed E-state index contributed by atoms with van der Waals surface area (Å²) >= 11 is 7.22. The average Bonchev–Trinajstić information content (AvgIpc) is 3.04. The third kappa shape index (κ3) is 4.79. The van der Waals surface area contributed by atoms with Crippen LogP contribution in [-0.4, -0.2) is 55.6 Å². The molecule has 0 aliphatic rings. The molecule has 0 saturated heterocycles. The lowest BCUT2D eigenvalue weighted by molar-refractivity contribution is -0.131. The van der Waals surface area contributed by atoms with Gasteiger partial charge in [-0.3, -0.25) is 9.59 Å². The predicted molar refractivity (Wildman–Crippen MR) is 109 cm³/mol. The zero-order chi connectivity index (χ0) is 20.3. The first kappa shape index (κ1) is 20.1. The Hall–Kier alpha value is -2.65. The number of thioether (sulfide) groups is 1. The van der Waals surface area contributed by atoms with Crippen LogP contribution in [0.5, 0.6) is 0 Å². The van der Waals surface area contributed by atoms with Gasteiger partial charge < -0.3 is 10.2 Å². The van der Waals surface area contributed by atoms with E-state index in [4.69, 9.17) is 11.6 Å². The number of likely N-dealkylation sites (N-methyl/N-ethyl adjacent to an activating group) is 1. The lowest BCUT2D eigenvalue weighted by Gasteiger charge is -2.16. The molecule has 1 aromatic carbocycles. The summed E-state index contributed by atoms with van der Waals surface area (Å²) in [6.07, 6.45) is 0. The smallest absolute Gasteiger partial charge is 0.253 e. The Balaban J connectivity index is 1.55. The fourth-order valence-electron chi connectivity index (χ4n) is 2.50. The number of aryl methyl sites for hydroxylation is 2. The maximum Gasteiger partial charge on any atom is 0.253 e. The highest BCUT2D eigenvalue weighted by Crippen LogP contribution is 2.20. The van der Waals surface area contributed by atoms with Gasteiger partial charge in [0.25, 0.3) is 5.78 Å². The third-order valence-corrected chi connectivity index (χ3v) is 5.03. The fourth-order valence-corrected chi connectivity index (χ4v) is 3.44. The number of nitrogens with zero attached hydrogens (tertiary/aromatic N) is 5. The molecule has 2 aromatic heterocycles. The SMILES string of the molecule is Cc1cc(C)n2nc(SCC(=O)N(C)CC(=O)Nc3ccccc3Cl)nc2n1. The molecule has 2 heterocycles. The van der Waals surface area contributed by atoms with Crippen molar-refractivity contribution in [3.05, 3.63) is 46.7 Å². The van der Waals surface area contributed by atoms with Crippen molar-refractivity contribution in [1.82, 2.24) is 24.5 Å². The number of aromatic nitrogens is 4. The average molecular weight is 419 g/mol. The summed E-state index contributed by atoms with van der Waals surface area (Å²) in [5.74, 6) is 0.0826. The Labute approximate surface area is 171 Å². The van der Waals surface area contributed by atoms with Crippen molar-refractivity contribution in [2.45, 2.75) is 19.0 Å². The molecule has 3 aromatic rings. The predicted octanol–water partition coefficient (Wildman–Crippen LogP) is 2.58. The number of para-hydroxylation sites is 1. The number of fused-ring (bicyclic) bond motifs is 1. The van der Waals surface area contributed by atoms with E-state index in [1.807, 2.05) is 19.9 Å². The quantitative estimate of drug-likeness (QED) is 0.618. The molecule has 0 aliphatic carbocycles. The minimum atomic E-state index is -0.324. The van der Waals surface area contributed by atoms with E-state index in [-0.39, 0.29) is 24.1 Å². The second-order valence-electron chi connectivity index (χ2n) is 6.21. The minimum absolute atomic E-state index is 0.0803. The summed E-state index contributed by atoms with van der Waals surface area (Å²) in [6.45, 7) is 3.73. The molecule has 0 fully saturated rings. The van der Waals surface area contributed by atoms with Crippen molar-refractivity contribution < 1.29 is 9.59 Å². The van der Waals surface area contributed by atoms with E-state index in [1.54, 1.807) is 35.8 Å². The van der Waals surface area contributed by atoms with Gasteiger partial charge in [0.05, 0.1) is 23.0 Å². The number of anilines is 1. The van der Waals surface area contributed by atoms with E-state index in [0.29, 0.717) is 21.6 Å². The van der Waals surface area contributed by atoms with E-state index < -0.39 is 0 Å². The van der Waals surface area contributed by atoms with Crippen LogP contribution in [0.25, 0.3) is 5.78 Å². The van der Waals surface area contributed by atoms with Crippen LogP contribution < -0.4 is 5.32 Å². The second kappa shape index (κ2) is 8.57. The van der Waals surface area contributed by atoms with Crippen LogP contribution in [0.1, 0.15) is 11.4 Å². The normalized spacial score (nSPS) is 10.9. The number of carbonyl (C=O) groups is 2. The maximum absolute atomic E-state index is 12.3. The first-order valence-electron chi connectivity index (χ1n) is 8.45. The van der Waals surface area contributed by atoms with Gasteiger partial charge in [-0.2, -0.15) is 4.98 Å². The van der Waals surface area contributed by atoms with Gasteiger partial charge in [0, 0.05) is 18.4 Å². The Bertz CT molecular complexity index is 1040. The van der Waals surface area contributed by atoms with Gasteiger partial charge in [-0.05, 0) is 32.0 Å². The van der Waals surface area contributed by atoms with Gasteiger partial charge in [0.2, 0.25) is 17.0 Å². The number of benzene rings is 1. The number of carbonyl (C=O) groups excluding carboxylic acids is 2. The summed E-state index contributed by atoms with van der Waals surface area (Å²) < 4.78 is 1.64. The van der Waals surface area contributed by atoms with Crippen molar-refractivity contribution in [3.63, 3.8) is 0 Å². The van der Waals surface area contributed by atoms with Crippen LogP contribution in [0.3, 0.4) is 0 Å². The van der Waals surface area contributed by atoms with E-state index in [0.717, 1.165) is 11.4 Å². The molecule has 10 heteroatoms. The first-order valence-corrected chi connectivity index (χ1v) is 9.82. The van der Waals surface area contributed by atoms with Gasteiger partial charge in [-0.1, -0.05) is 35.5 Å². The summed E-state index contributed by atoms with van der Waals surface area (Å²) in [6, 6.07) is 8.84. The minimum Gasteiger partial charge on any atom is -0.336 e. The van der Waals surface area contributed by atoms with Gasteiger partial charge in [0.15, 0.2) is 0 Å². The topological polar surface area (TPSA) is 92.5 Å². The number of nitrogens with one attached hydrogen (secondary N) is 1. The Kier molecular flexibility index (Phi) is 6.15. The summed E-state index contributed by atoms with van der Waals surface area (Å²) in [4.78, 5) is 34.5. The van der Waals surface area contributed by atoms with E-state index >= 15 is 0 Å². The van der Waals surface area contributed by atoms with Crippen LogP contribution in [0.4, 0.5) is 5.69 Å². The van der Waals surface area contributed by atoms with Crippen molar-refractivity contribution in [3.8, 4) is 0 Å². The van der Waals surface area contributed by atoms with Crippen molar-refractivity contribution in [2.24, 2.45) is 0 Å². The molecule has 146 valence electrons. The van der Waals surface area contributed by atoms with E-state index in [1.165, 1.54) is 16.7 Å². The Morgan fingerprint density at radius 3 is 2.75 bits per heavy atom. The lowest BCUT2D eigenvalue weighted by Crippen LogP contribution is -2.36. The summed E-state index contributed by atoms with van der Waals surface area (Å²) in [5, 5.41) is 7.95. The monoisotopic (exact) mass is 418 g/mol. The molecule has 8 nitrogen and oxygen atoms in total. The molecule has 1 N–H and O–H groups in total. The van der Waals surface area contributed by atoms with Gasteiger partial charge in [-0.15, -0.1) is 5.10 Å². The van der Waals surface area contributed by atoms with Gasteiger partial charge >= 0.3 is 0 Å². The highest BCUT2D eigenvalue weighted by atomic mass is 35.5. The molecular formula is C18H19ClN6O2S. The zero-order valence-electron chi connectivity index (χ0n) is 15.6. The molecule has 0 aliphatic heterocycles. The highest BCUT2D eigenvalue weighted by molar-refractivity contribution is 7.99. The number of amides is 2. The Morgan fingerprint density at radius 2 is 2.00 bits per heavy atom. The molecular weight excluding hydrogens is 400 g/mol. The second-order valence-corrected chi connectivity index (χ2v) is 7.56. The standard InChI is InChI=1S/C18H19ClN6O2S/c1-11-8-12(2)25-17(20-11)22-18(23-25)28-10-16(27)24(3)9-15(26)21-14-7-5-4-6-13(14)19/h4-8H,9-10H2,1-3H3,(H,21,26). The van der Waals surface area contributed by atoms with Gasteiger partial charge in [0.1, 0.15) is 0 Å². The van der Waals surface area contributed by atoms with Crippen LogP contribution in [0, 0.1) is 13.8 Å². The van der Waals surface area contributed by atoms with Crippen molar-refractivity contribution in [1.29, 1.82) is 0 Å². The lowest BCUT2D eigenvalue weighted by atomic mass is 10.3. The number of halogens is 1. The summed E-state index contributed by atoms with van der Waals surface area (Å²) in [7, 11) is 1.57. The molecule has 28 heavy (non-hydrogen) atoms. The highest BCUT2D eigenvalue weighted by Gasteiger charge is 2.16.